The zero-order chi connectivity index (χ0) is 28.9. The standard InChI is InChI=1S/C33H37B2NO4/c1-29(2)30(3,4)38-34(37-29)23-13-10-21(11-14-23)22-12-16-25-26-17-15-24(35-39-31(5,6)32(7,8)40-35)19-28(26)33(9,20-36)27(25)18-22/h10-19H,1-9H3. The van der Waals surface area contributed by atoms with Crippen LogP contribution >= 0.6 is 0 Å². The van der Waals surface area contributed by atoms with E-state index in [2.05, 4.69) is 122 Å². The lowest BCUT2D eigenvalue weighted by molar-refractivity contribution is 0.00578. The van der Waals surface area contributed by atoms with Gasteiger partial charge in [0.25, 0.3) is 0 Å². The molecule has 0 radical (unpaired) electrons. The van der Waals surface area contributed by atoms with Gasteiger partial charge in [0.2, 0.25) is 0 Å². The van der Waals surface area contributed by atoms with Crippen molar-refractivity contribution >= 4 is 25.2 Å². The van der Waals surface area contributed by atoms with E-state index < -0.39 is 30.9 Å². The molecule has 2 aliphatic heterocycles. The van der Waals surface area contributed by atoms with Crippen molar-refractivity contribution in [2.75, 3.05) is 0 Å². The third-order valence-electron chi connectivity index (χ3n) is 9.95. The van der Waals surface area contributed by atoms with Crippen LogP contribution in [0, 0.1) is 11.3 Å². The normalized spacial score (nSPS) is 25.0. The van der Waals surface area contributed by atoms with Gasteiger partial charge in [-0.15, -0.1) is 0 Å². The molecule has 0 bridgehead atoms. The molecule has 3 aromatic rings. The van der Waals surface area contributed by atoms with E-state index >= 15 is 0 Å². The van der Waals surface area contributed by atoms with Crippen molar-refractivity contribution in [2.24, 2.45) is 0 Å². The zero-order valence-electron chi connectivity index (χ0n) is 25.0. The predicted molar refractivity (Wildman–Crippen MR) is 161 cm³/mol. The fourth-order valence-electron chi connectivity index (χ4n) is 5.79. The molecule has 5 nitrogen and oxygen atoms in total. The summed E-state index contributed by atoms with van der Waals surface area (Å²) in [6.45, 7) is 18.5. The van der Waals surface area contributed by atoms with Crippen LogP contribution in [0.2, 0.25) is 0 Å². The summed E-state index contributed by atoms with van der Waals surface area (Å²) in [4.78, 5) is 0. The molecule has 7 heteroatoms. The lowest BCUT2D eigenvalue weighted by Crippen LogP contribution is -2.41. The largest absolute Gasteiger partial charge is 0.494 e. The van der Waals surface area contributed by atoms with Crippen LogP contribution in [-0.4, -0.2) is 36.6 Å². The third-order valence-corrected chi connectivity index (χ3v) is 9.95. The Morgan fingerprint density at radius 3 is 1.43 bits per heavy atom. The summed E-state index contributed by atoms with van der Waals surface area (Å²) in [7, 11) is -0.867. The quantitative estimate of drug-likeness (QED) is 0.401. The zero-order valence-corrected chi connectivity index (χ0v) is 25.0. The molecule has 6 rings (SSSR count). The van der Waals surface area contributed by atoms with E-state index in [-0.39, 0.29) is 11.2 Å². The van der Waals surface area contributed by atoms with Crippen molar-refractivity contribution in [2.45, 2.75) is 90.1 Å². The van der Waals surface area contributed by atoms with E-state index in [1.807, 2.05) is 6.92 Å². The van der Waals surface area contributed by atoms with E-state index in [1.54, 1.807) is 0 Å². The van der Waals surface area contributed by atoms with Crippen molar-refractivity contribution < 1.29 is 18.6 Å². The van der Waals surface area contributed by atoms with Crippen molar-refractivity contribution in [3.05, 3.63) is 71.8 Å². The molecule has 0 aromatic heterocycles. The van der Waals surface area contributed by atoms with Crippen LogP contribution in [0.1, 0.15) is 73.4 Å². The monoisotopic (exact) mass is 533 g/mol. The van der Waals surface area contributed by atoms with Gasteiger partial charge in [0, 0.05) is 0 Å². The number of rotatable bonds is 3. The first kappa shape index (κ1) is 27.3. The molecule has 2 heterocycles. The van der Waals surface area contributed by atoms with Gasteiger partial charge in [-0.1, -0.05) is 54.6 Å². The van der Waals surface area contributed by atoms with E-state index in [1.165, 1.54) is 0 Å². The maximum atomic E-state index is 10.5. The fourth-order valence-corrected chi connectivity index (χ4v) is 5.79. The highest BCUT2D eigenvalue weighted by Crippen LogP contribution is 2.49. The molecule has 2 saturated heterocycles. The van der Waals surface area contributed by atoms with Crippen LogP contribution in [0.4, 0.5) is 0 Å². The van der Waals surface area contributed by atoms with Crippen molar-refractivity contribution in [3.63, 3.8) is 0 Å². The van der Waals surface area contributed by atoms with Gasteiger partial charge in [-0.05, 0) is 113 Å². The molecular formula is C33H37B2NO4. The number of hydrogen-bond acceptors (Lipinski definition) is 5. The summed E-state index contributed by atoms with van der Waals surface area (Å²) < 4.78 is 25.1. The Morgan fingerprint density at radius 1 is 0.525 bits per heavy atom. The summed E-state index contributed by atoms with van der Waals surface area (Å²) >= 11 is 0. The Kier molecular flexibility index (Phi) is 5.85. The van der Waals surface area contributed by atoms with E-state index in [9.17, 15) is 5.26 Å². The maximum absolute atomic E-state index is 10.5. The molecular weight excluding hydrogens is 496 g/mol. The van der Waals surface area contributed by atoms with Gasteiger partial charge in [-0.2, -0.15) is 5.26 Å². The minimum absolute atomic E-state index is 0.380. The van der Waals surface area contributed by atoms with Gasteiger partial charge in [0.1, 0.15) is 5.41 Å². The summed E-state index contributed by atoms with van der Waals surface area (Å²) in [5.74, 6) is 0. The van der Waals surface area contributed by atoms with Crippen LogP contribution in [0.5, 0.6) is 0 Å². The van der Waals surface area contributed by atoms with Crippen LogP contribution in [0.25, 0.3) is 22.3 Å². The lowest BCUT2D eigenvalue weighted by atomic mass is 9.74. The van der Waals surface area contributed by atoms with Gasteiger partial charge in [-0.3, -0.25) is 0 Å². The molecule has 2 fully saturated rings. The van der Waals surface area contributed by atoms with Crippen LogP contribution in [0.15, 0.2) is 60.7 Å². The van der Waals surface area contributed by atoms with Gasteiger partial charge < -0.3 is 18.6 Å². The molecule has 0 saturated carbocycles. The summed E-state index contributed by atoms with van der Waals surface area (Å²) in [5.41, 5.74) is 5.87. The molecule has 3 aliphatic rings. The van der Waals surface area contributed by atoms with Crippen molar-refractivity contribution in [1.82, 2.24) is 0 Å². The molecule has 0 amide bonds. The second kappa shape index (κ2) is 8.57. The molecule has 0 spiro atoms. The highest BCUT2D eigenvalue weighted by atomic mass is 16.7. The number of fused-ring (bicyclic) bond motifs is 3. The van der Waals surface area contributed by atoms with Crippen LogP contribution in [0.3, 0.4) is 0 Å². The van der Waals surface area contributed by atoms with Crippen molar-refractivity contribution in [1.29, 1.82) is 5.26 Å². The van der Waals surface area contributed by atoms with Gasteiger partial charge in [0.15, 0.2) is 0 Å². The van der Waals surface area contributed by atoms with Crippen molar-refractivity contribution in [3.8, 4) is 28.3 Å². The fraction of sp³-hybridized carbons (Fsp3) is 0.424. The minimum atomic E-state index is -0.789. The lowest BCUT2D eigenvalue weighted by Gasteiger charge is -2.32. The highest BCUT2D eigenvalue weighted by Gasteiger charge is 2.53. The van der Waals surface area contributed by atoms with Gasteiger partial charge >= 0.3 is 14.2 Å². The smallest absolute Gasteiger partial charge is 0.399 e. The Morgan fingerprint density at radius 2 is 0.925 bits per heavy atom. The van der Waals surface area contributed by atoms with E-state index in [0.717, 1.165) is 44.3 Å². The van der Waals surface area contributed by atoms with Crippen LogP contribution < -0.4 is 10.9 Å². The first-order valence-electron chi connectivity index (χ1n) is 14.1. The second-order valence-electron chi connectivity index (χ2n) is 13.6. The number of nitrogens with zero attached hydrogens (tertiary/aromatic N) is 1. The average Bonchev–Trinajstić information content (AvgIpc) is 3.38. The maximum Gasteiger partial charge on any atom is 0.494 e. The Hall–Kier alpha value is -2.88. The molecule has 40 heavy (non-hydrogen) atoms. The average molecular weight is 533 g/mol. The molecule has 204 valence electrons. The topological polar surface area (TPSA) is 60.7 Å². The Bertz CT molecular complexity index is 1520. The summed E-state index contributed by atoms with van der Waals surface area (Å²) in [6, 6.07) is 23.7. The van der Waals surface area contributed by atoms with Gasteiger partial charge in [-0.25, -0.2) is 0 Å². The first-order valence-corrected chi connectivity index (χ1v) is 14.1. The van der Waals surface area contributed by atoms with E-state index in [4.69, 9.17) is 18.6 Å². The first-order chi connectivity index (χ1) is 18.6. The Balaban J connectivity index is 1.31. The molecule has 0 N–H and O–H groups in total. The SMILES string of the molecule is CC1(C#N)c2cc(B3OC(C)(C)C(C)(C)O3)ccc2-c2ccc(-c3ccc(B4OC(C)(C)C(C)(C)O4)cc3)cc21. The summed E-state index contributed by atoms with van der Waals surface area (Å²) in [6.07, 6.45) is 0. The second-order valence-corrected chi connectivity index (χ2v) is 13.6. The predicted octanol–water partition coefficient (Wildman–Crippen LogP) is 5.76. The van der Waals surface area contributed by atoms with E-state index in [0.29, 0.717) is 0 Å². The third kappa shape index (κ3) is 3.92. The van der Waals surface area contributed by atoms with Crippen LogP contribution in [-0.2, 0) is 24.0 Å². The number of hydrogen-bond donors (Lipinski definition) is 0. The molecule has 1 atom stereocenters. The summed E-state index contributed by atoms with van der Waals surface area (Å²) in [5, 5.41) is 10.5. The number of benzene rings is 3. The molecule has 1 unspecified atom stereocenters. The van der Waals surface area contributed by atoms with Gasteiger partial charge in [0.05, 0.1) is 28.5 Å². The number of nitriles is 1. The minimum Gasteiger partial charge on any atom is -0.399 e. The highest BCUT2D eigenvalue weighted by molar-refractivity contribution is 6.62. The molecule has 1 aliphatic carbocycles. The molecule has 3 aromatic carbocycles. The Labute approximate surface area is 239 Å².